The molecule has 144 valence electrons. The van der Waals surface area contributed by atoms with Crippen LogP contribution >= 0.6 is 11.6 Å². The van der Waals surface area contributed by atoms with Crippen LogP contribution in [0.2, 0.25) is 5.02 Å². The highest BCUT2D eigenvalue weighted by Crippen LogP contribution is 2.22. The zero-order chi connectivity index (χ0) is 19.9. The van der Waals surface area contributed by atoms with Crippen molar-refractivity contribution >= 4 is 29.0 Å². The van der Waals surface area contributed by atoms with Crippen LogP contribution in [-0.2, 0) is 6.42 Å². The van der Waals surface area contributed by atoms with E-state index in [9.17, 15) is 4.79 Å². The van der Waals surface area contributed by atoms with E-state index >= 15 is 0 Å². The van der Waals surface area contributed by atoms with E-state index in [1.165, 1.54) is 12.4 Å². The number of anilines is 2. The minimum Gasteiger partial charge on any atom is -0.497 e. The molecule has 1 heterocycles. The summed E-state index contributed by atoms with van der Waals surface area (Å²) in [7, 11) is 1.63. The molecular weight excluding hydrogens is 376 g/mol. The van der Waals surface area contributed by atoms with E-state index in [2.05, 4.69) is 20.6 Å². The number of aryl methyl sites for hydroxylation is 1. The summed E-state index contributed by atoms with van der Waals surface area (Å²) in [5.41, 5.74) is 3.15. The fourth-order valence-corrected chi connectivity index (χ4v) is 2.75. The van der Waals surface area contributed by atoms with Crippen LogP contribution in [0, 0.1) is 6.92 Å². The predicted octanol–water partition coefficient (Wildman–Crippen LogP) is 4.16. The lowest BCUT2D eigenvalue weighted by molar-refractivity contribution is 0.0949. The number of carbonyl (C=O) groups is 1. The number of hydrogen-bond acceptors (Lipinski definition) is 5. The zero-order valence-electron chi connectivity index (χ0n) is 15.7. The highest BCUT2D eigenvalue weighted by molar-refractivity contribution is 6.31. The largest absolute Gasteiger partial charge is 0.497 e. The van der Waals surface area contributed by atoms with Gasteiger partial charge in [-0.05, 0) is 48.7 Å². The van der Waals surface area contributed by atoms with Crippen LogP contribution < -0.4 is 15.4 Å². The lowest BCUT2D eigenvalue weighted by Gasteiger charge is -2.08. The molecule has 2 N–H and O–H groups in total. The number of hydrogen-bond donors (Lipinski definition) is 2. The normalized spacial score (nSPS) is 10.4. The molecule has 0 saturated carbocycles. The van der Waals surface area contributed by atoms with E-state index in [0.29, 0.717) is 23.8 Å². The summed E-state index contributed by atoms with van der Waals surface area (Å²) >= 11 is 6.12. The van der Waals surface area contributed by atoms with Gasteiger partial charge in [0.05, 0.1) is 19.5 Å². The predicted molar refractivity (Wildman–Crippen MR) is 111 cm³/mol. The van der Waals surface area contributed by atoms with Gasteiger partial charge in [0.1, 0.15) is 17.3 Å². The third-order valence-electron chi connectivity index (χ3n) is 4.16. The number of rotatable bonds is 7. The second kappa shape index (κ2) is 9.19. The summed E-state index contributed by atoms with van der Waals surface area (Å²) in [5.74, 6) is 1.07. The molecule has 0 aliphatic heterocycles. The van der Waals surface area contributed by atoms with E-state index in [-0.39, 0.29) is 11.6 Å². The van der Waals surface area contributed by atoms with Crippen molar-refractivity contribution in [3.63, 3.8) is 0 Å². The van der Waals surface area contributed by atoms with E-state index in [4.69, 9.17) is 16.3 Å². The number of halogens is 1. The highest BCUT2D eigenvalue weighted by Gasteiger charge is 2.08. The first-order chi connectivity index (χ1) is 13.5. The summed E-state index contributed by atoms with van der Waals surface area (Å²) in [6.45, 7) is 2.43. The average Bonchev–Trinajstić information content (AvgIpc) is 2.71. The second-order valence-corrected chi connectivity index (χ2v) is 6.64. The molecule has 0 atom stereocenters. The molecule has 0 bridgehead atoms. The van der Waals surface area contributed by atoms with Crippen LogP contribution in [-0.4, -0.2) is 29.5 Å². The Bertz CT molecular complexity index is 961. The number of methoxy groups -OCH3 is 1. The Morgan fingerprint density at radius 3 is 2.71 bits per heavy atom. The summed E-state index contributed by atoms with van der Waals surface area (Å²) < 4.78 is 5.20. The number of ether oxygens (including phenoxy) is 1. The highest BCUT2D eigenvalue weighted by atomic mass is 35.5. The second-order valence-electron chi connectivity index (χ2n) is 6.23. The van der Waals surface area contributed by atoms with Crippen LogP contribution in [0.3, 0.4) is 0 Å². The topological polar surface area (TPSA) is 76.1 Å². The van der Waals surface area contributed by atoms with Gasteiger partial charge in [-0.1, -0.05) is 29.8 Å². The molecule has 1 aromatic heterocycles. The zero-order valence-corrected chi connectivity index (χ0v) is 16.5. The number of amides is 1. The van der Waals surface area contributed by atoms with Gasteiger partial charge in [0.15, 0.2) is 0 Å². The van der Waals surface area contributed by atoms with Crippen molar-refractivity contribution in [2.75, 3.05) is 19.0 Å². The molecule has 1 amide bonds. The van der Waals surface area contributed by atoms with Gasteiger partial charge in [0, 0.05) is 17.3 Å². The van der Waals surface area contributed by atoms with Gasteiger partial charge in [-0.25, -0.2) is 9.97 Å². The Labute approximate surface area is 168 Å². The summed E-state index contributed by atoms with van der Waals surface area (Å²) in [4.78, 5) is 20.7. The van der Waals surface area contributed by atoms with Gasteiger partial charge in [-0.3, -0.25) is 4.79 Å². The molecule has 0 unspecified atom stereocenters. The molecule has 0 aliphatic rings. The van der Waals surface area contributed by atoms with Crippen molar-refractivity contribution in [2.24, 2.45) is 0 Å². The number of aromatic nitrogens is 2. The minimum absolute atomic E-state index is 0.262. The molecular formula is C21H21ClN4O2. The Hall–Kier alpha value is -3.12. The molecule has 0 fully saturated rings. The Morgan fingerprint density at radius 1 is 1.14 bits per heavy atom. The SMILES string of the molecule is COc1cccc(CCNC(=O)c2cnc(Nc3ccc(C)c(Cl)c3)cn2)c1. The fourth-order valence-electron chi connectivity index (χ4n) is 2.57. The van der Waals surface area contributed by atoms with Gasteiger partial charge in [0.2, 0.25) is 0 Å². The molecule has 6 nitrogen and oxygen atoms in total. The van der Waals surface area contributed by atoms with E-state index < -0.39 is 0 Å². The smallest absolute Gasteiger partial charge is 0.271 e. The Morgan fingerprint density at radius 2 is 2.00 bits per heavy atom. The van der Waals surface area contributed by atoms with Crippen LogP contribution in [0.15, 0.2) is 54.9 Å². The molecule has 3 aromatic rings. The third kappa shape index (κ3) is 5.20. The first-order valence-electron chi connectivity index (χ1n) is 8.81. The van der Waals surface area contributed by atoms with E-state index in [1.54, 1.807) is 7.11 Å². The molecule has 0 radical (unpaired) electrons. The average molecular weight is 397 g/mol. The maximum Gasteiger partial charge on any atom is 0.271 e. The van der Waals surface area contributed by atoms with Crippen molar-refractivity contribution in [3.05, 3.63) is 76.7 Å². The molecule has 7 heteroatoms. The molecule has 2 aromatic carbocycles. The summed E-state index contributed by atoms with van der Waals surface area (Å²) in [6.07, 6.45) is 3.66. The first kappa shape index (κ1) is 19.6. The van der Waals surface area contributed by atoms with Gasteiger partial charge in [0.25, 0.3) is 5.91 Å². The van der Waals surface area contributed by atoms with Crippen LogP contribution in [0.25, 0.3) is 0 Å². The van der Waals surface area contributed by atoms with Gasteiger partial charge in [-0.2, -0.15) is 0 Å². The number of nitrogens with zero attached hydrogens (tertiary/aromatic N) is 2. The van der Waals surface area contributed by atoms with Gasteiger partial charge < -0.3 is 15.4 Å². The first-order valence-corrected chi connectivity index (χ1v) is 9.19. The maximum absolute atomic E-state index is 12.2. The quantitative estimate of drug-likeness (QED) is 0.627. The number of nitrogens with one attached hydrogen (secondary N) is 2. The molecule has 3 rings (SSSR count). The van der Waals surface area contributed by atoms with Crippen LogP contribution in [0.4, 0.5) is 11.5 Å². The molecule has 0 aliphatic carbocycles. The fraction of sp³-hybridized carbons (Fsp3) is 0.190. The monoisotopic (exact) mass is 396 g/mol. The van der Waals surface area contributed by atoms with E-state index in [1.807, 2.05) is 49.4 Å². The molecule has 28 heavy (non-hydrogen) atoms. The lowest BCUT2D eigenvalue weighted by atomic mass is 10.1. The minimum atomic E-state index is -0.264. The number of benzene rings is 2. The summed E-state index contributed by atoms with van der Waals surface area (Å²) in [5, 5.41) is 6.63. The number of carbonyl (C=O) groups excluding carboxylic acids is 1. The van der Waals surface area contributed by atoms with Crippen molar-refractivity contribution in [1.82, 2.24) is 15.3 Å². The van der Waals surface area contributed by atoms with Gasteiger partial charge in [-0.15, -0.1) is 0 Å². The van der Waals surface area contributed by atoms with Crippen molar-refractivity contribution < 1.29 is 9.53 Å². The van der Waals surface area contributed by atoms with Crippen molar-refractivity contribution in [3.8, 4) is 5.75 Å². The molecule has 0 spiro atoms. The van der Waals surface area contributed by atoms with Gasteiger partial charge >= 0.3 is 0 Å². The third-order valence-corrected chi connectivity index (χ3v) is 4.57. The van der Waals surface area contributed by atoms with Crippen molar-refractivity contribution in [1.29, 1.82) is 0 Å². The Kier molecular flexibility index (Phi) is 6.45. The standard InChI is InChI=1S/C21H21ClN4O2/c1-14-6-7-16(11-18(14)22)26-20-13-24-19(12-25-20)21(27)23-9-8-15-4-3-5-17(10-15)28-2/h3-7,10-13H,8-9H2,1-2H3,(H,23,27)(H,25,26). The Balaban J connectivity index is 1.53. The van der Waals surface area contributed by atoms with Crippen molar-refractivity contribution in [2.45, 2.75) is 13.3 Å². The maximum atomic E-state index is 12.2. The van der Waals surface area contributed by atoms with E-state index in [0.717, 1.165) is 22.6 Å². The van der Waals surface area contributed by atoms with Crippen LogP contribution in [0.5, 0.6) is 5.75 Å². The molecule has 0 saturated heterocycles. The van der Waals surface area contributed by atoms with Crippen LogP contribution in [0.1, 0.15) is 21.6 Å². The summed E-state index contributed by atoms with van der Waals surface area (Å²) in [6, 6.07) is 13.4. The lowest BCUT2D eigenvalue weighted by Crippen LogP contribution is -2.26.